The summed E-state index contributed by atoms with van der Waals surface area (Å²) >= 11 is 0. The maximum atomic E-state index is 13.2. The van der Waals surface area contributed by atoms with Crippen molar-refractivity contribution in [3.63, 3.8) is 0 Å². The van der Waals surface area contributed by atoms with Crippen LogP contribution in [0.25, 0.3) is 11.3 Å². The molecule has 0 bridgehead atoms. The molecule has 146 valence electrons. The quantitative estimate of drug-likeness (QED) is 0.721. The number of carbonyl (C=O) groups is 1. The number of nitrogens with zero attached hydrogens (tertiary/aromatic N) is 3. The van der Waals surface area contributed by atoms with Crippen LogP contribution in [0.2, 0.25) is 0 Å². The largest absolute Gasteiger partial charge is 0.494 e. The van der Waals surface area contributed by atoms with E-state index in [1.165, 1.54) is 0 Å². The van der Waals surface area contributed by atoms with Crippen LogP contribution in [0.4, 0.5) is 0 Å². The van der Waals surface area contributed by atoms with Gasteiger partial charge in [-0.05, 0) is 52.0 Å². The van der Waals surface area contributed by atoms with Gasteiger partial charge in [-0.1, -0.05) is 12.1 Å². The Labute approximate surface area is 165 Å². The molecule has 0 saturated carbocycles. The number of H-pyrrole nitrogens is 1. The number of methoxy groups -OCH3 is 1. The first-order chi connectivity index (χ1) is 13.3. The summed E-state index contributed by atoms with van der Waals surface area (Å²) in [6, 6.07) is 11.2. The monoisotopic (exact) mass is 378 g/mol. The number of hydrogen-bond acceptors (Lipinski definition) is 4. The summed E-state index contributed by atoms with van der Waals surface area (Å²) in [5.41, 5.74) is 6.02. The van der Waals surface area contributed by atoms with Crippen LogP contribution in [0.15, 0.2) is 36.4 Å². The average Bonchev–Trinajstić information content (AvgIpc) is 3.04. The van der Waals surface area contributed by atoms with Gasteiger partial charge in [0.05, 0.1) is 18.8 Å². The lowest BCUT2D eigenvalue weighted by Crippen LogP contribution is -2.30. The SMILES string of the molecule is COc1ccc(C)nc1-c1cccc(C(=O)N(C)[C@@H](C)c2c(C)n[nH]c2C)c1. The minimum absolute atomic E-state index is 0.0547. The molecule has 6 nitrogen and oxygen atoms in total. The first kappa shape index (κ1) is 19.6. The second kappa shape index (κ2) is 7.84. The van der Waals surface area contributed by atoms with Crippen LogP contribution in [0.3, 0.4) is 0 Å². The Kier molecular flexibility index (Phi) is 5.49. The molecule has 2 aromatic heterocycles. The molecule has 6 heteroatoms. The number of rotatable bonds is 5. The number of hydrogen-bond donors (Lipinski definition) is 1. The van der Waals surface area contributed by atoms with Gasteiger partial charge >= 0.3 is 0 Å². The van der Waals surface area contributed by atoms with Crippen LogP contribution >= 0.6 is 0 Å². The van der Waals surface area contributed by atoms with E-state index < -0.39 is 0 Å². The number of aryl methyl sites for hydroxylation is 3. The topological polar surface area (TPSA) is 71.1 Å². The van der Waals surface area contributed by atoms with Gasteiger partial charge in [0.2, 0.25) is 0 Å². The van der Waals surface area contributed by atoms with Crippen molar-refractivity contribution >= 4 is 5.91 Å². The van der Waals surface area contributed by atoms with E-state index in [1.807, 2.05) is 71.1 Å². The zero-order chi connectivity index (χ0) is 20.4. The molecule has 0 saturated heterocycles. The van der Waals surface area contributed by atoms with Crippen LogP contribution in [-0.2, 0) is 0 Å². The van der Waals surface area contributed by atoms with Gasteiger partial charge in [-0.2, -0.15) is 5.10 Å². The van der Waals surface area contributed by atoms with E-state index in [4.69, 9.17) is 4.74 Å². The number of aromatic amines is 1. The van der Waals surface area contributed by atoms with Gasteiger partial charge in [-0.15, -0.1) is 0 Å². The van der Waals surface area contributed by atoms with E-state index in [1.54, 1.807) is 12.0 Å². The standard InChI is InChI=1S/C22H26N4O2/c1-13-10-11-19(28-6)21(23-13)17-8-7-9-18(12-17)22(27)26(5)16(4)20-14(2)24-25-15(20)3/h7-12,16H,1-6H3,(H,24,25)/t16-/m0/s1. The molecule has 0 fully saturated rings. The number of benzene rings is 1. The fourth-order valence-electron chi connectivity index (χ4n) is 3.46. The number of ether oxygens (including phenoxy) is 1. The van der Waals surface area contributed by atoms with Gasteiger partial charge in [0.25, 0.3) is 5.91 Å². The molecule has 2 heterocycles. The predicted molar refractivity (Wildman–Crippen MR) is 110 cm³/mol. The molecule has 0 aliphatic heterocycles. The van der Waals surface area contributed by atoms with Crippen molar-refractivity contribution in [3.05, 3.63) is 64.6 Å². The van der Waals surface area contributed by atoms with Gasteiger partial charge in [-0.25, -0.2) is 4.98 Å². The second-order valence-electron chi connectivity index (χ2n) is 7.02. The number of aromatic nitrogens is 3. The van der Waals surface area contributed by atoms with E-state index in [0.29, 0.717) is 11.3 Å². The Morgan fingerprint density at radius 1 is 1.18 bits per heavy atom. The van der Waals surface area contributed by atoms with Crippen molar-refractivity contribution in [1.29, 1.82) is 0 Å². The van der Waals surface area contributed by atoms with E-state index >= 15 is 0 Å². The third-order valence-corrected chi connectivity index (χ3v) is 5.10. The molecular formula is C22H26N4O2. The van der Waals surface area contributed by atoms with Crippen LogP contribution in [-0.4, -0.2) is 40.1 Å². The first-order valence-electron chi connectivity index (χ1n) is 9.24. The summed E-state index contributed by atoms with van der Waals surface area (Å²) in [6.45, 7) is 7.87. The molecule has 1 N–H and O–H groups in total. The lowest BCUT2D eigenvalue weighted by molar-refractivity contribution is 0.0742. The second-order valence-corrected chi connectivity index (χ2v) is 7.02. The average molecular weight is 378 g/mol. The molecule has 1 aromatic carbocycles. The number of amides is 1. The molecule has 1 amide bonds. The normalized spacial score (nSPS) is 11.9. The van der Waals surface area contributed by atoms with Gasteiger partial charge in [-0.3, -0.25) is 9.89 Å². The Morgan fingerprint density at radius 3 is 2.57 bits per heavy atom. The smallest absolute Gasteiger partial charge is 0.254 e. The van der Waals surface area contributed by atoms with Crippen LogP contribution in [0, 0.1) is 20.8 Å². The molecule has 0 aliphatic rings. The maximum absolute atomic E-state index is 13.2. The Bertz CT molecular complexity index is 990. The summed E-state index contributed by atoms with van der Waals surface area (Å²) < 4.78 is 5.45. The lowest BCUT2D eigenvalue weighted by Gasteiger charge is -2.26. The Morgan fingerprint density at radius 2 is 1.93 bits per heavy atom. The zero-order valence-corrected chi connectivity index (χ0v) is 17.2. The zero-order valence-electron chi connectivity index (χ0n) is 17.2. The number of carbonyl (C=O) groups excluding carboxylic acids is 1. The minimum Gasteiger partial charge on any atom is -0.494 e. The molecule has 1 atom stereocenters. The highest BCUT2D eigenvalue weighted by Crippen LogP contribution is 2.30. The summed E-state index contributed by atoms with van der Waals surface area (Å²) in [4.78, 5) is 19.5. The van der Waals surface area contributed by atoms with Gasteiger partial charge in [0.15, 0.2) is 0 Å². The van der Waals surface area contributed by atoms with Crippen LogP contribution < -0.4 is 4.74 Å². The summed E-state index contributed by atoms with van der Waals surface area (Å²) in [6.07, 6.45) is 0. The van der Waals surface area contributed by atoms with Crippen molar-refractivity contribution in [3.8, 4) is 17.0 Å². The summed E-state index contributed by atoms with van der Waals surface area (Å²) in [5.74, 6) is 0.627. The fraction of sp³-hybridized carbons (Fsp3) is 0.318. The van der Waals surface area contributed by atoms with Crippen LogP contribution in [0.5, 0.6) is 5.75 Å². The molecule has 0 unspecified atom stereocenters. The van der Waals surface area contributed by atoms with Crippen LogP contribution in [0.1, 0.15) is 46.0 Å². The third-order valence-electron chi connectivity index (χ3n) is 5.10. The molecular weight excluding hydrogens is 352 g/mol. The Hall–Kier alpha value is -3.15. The van der Waals surface area contributed by atoms with E-state index in [-0.39, 0.29) is 11.9 Å². The minimum atomic E-state index is -0.0958. The molecule has 0 aliphatic carbocycles. The summed E-state index contributed by atoms with van der Waals surface area (Å²) in [5, 5.41) is 7.24. The first-order valence-corrected chi connectivity index (χ1v) is 9.24. The summed E-state index contributed by atoms with van der Waals surface area (Å²) in [7, 11) is 3.44. The van der Waals surface area contributed by atoms with Gasteiger partial charge < -0.3 is 9.64 Å². The maximum Gasteiger partial charge on any atom is 0.254 e. The van der Waals surface area contributed by atoms with Crippen molar-refractivity contribution < 1.29 is 9.53 Å². The van der Waals surface area contributed by atoms with Gasteiger partial charge in [0.1, 0.15) is 11.4 Å². The van der Waals surface area contributed by atoms with Crippen molar-refractivity contribution in [2.75, 3.05) is 14.2 Å². The van der Waals surface area contributed by atoms with Gasteiger partial charge in [0, 0.05) is 35.1 Å². The predicted octanol–water partition coefficient (Wildman–Crippen LogP) is 4.24. The lowest BCUT2D eigenvalue weighted by atomic mass is 10.0. The van der Waals surface area contributed by atoms with E-state index in [9.17, 15) is 4.79 Å². The van der Waals surface area contributed by atoms with E-state index in [0.717, 1.165) is 33.9 Å². The van der Waals surface area contributed by atoms with Crippen molar-refractivity contribution in [2.45, 2.75) is 33.7 Å². The van der Waals surface area contributed by atoms with Crippen molar-refractivity contribution in [1.82, 2.24) is 20.1 Å². The number of pyridine rings is 1. The van der Waals surface area contributed by atoms with E-state index in [2.05, 4.69) is 15.2 Å². The number of nitrogens with one attached hydrogen (secondary N) is 1. The Balaban J connectivity index is 1.94. The highest BCUT2D eigenvalue weighted by atomic mass is 16.5. The molecule has 3 rings (SSSR count). The van der Waals surface area contributed by atoms with Crippen molar-refractivity contribution in [2.24, 2.45) is 0 Å². The molecule has 0 spiro atoms. The molecule has 3 aromatic rings. The molecule has 28 heavy (non-hydrogen) atoms. The molecule has 0 radical (unpaired) electrons. The highest BCUT2D eigenvalue weighted by Gasteiger charge is 2.23. The third kappa shape index (κ3) is 3.63. The highest BCUT2D eigenvalue weighted by molar-refractivity contribution is 5.95. The fourth-order valence-corrected chi connectivity index (χ4v) is 3.46.